The Balaban J connectivity index is 1.72. The van der Waals surface area contributed by atoms with Crippen molar-refractivity contribution in [3.63, 3.8) is 0 Å². The summed E-state index contributed by atoms with van der Waals surface area (Å²) in [5.41, 5.74) is -0.840. The average molecular weight is 411 g/mol. The lowest BCUT2D eigenvalue weighted by molar-refractivity contribution is -0.136. The van der Waals surface area contributed by atoms with Gasteiger partial charge in [0.1, 0.15) is 5.82 Å². The first-order valence-corrected chi connectivity index (χ1v) is 9.29. The highest BCUT2D eigenvalue weighted by Crippen LogP contribution is 2.44. The van der Waals surface area contributed by atoms with E-state index in [0.717, 1.165) is 0 Å². The summed E-state index contributed by atoms with van der Waals surface area (Å²) in [6.07, 6.45) is 2.50. The number of nitrogens with zero attached hydrogens (tertiary/aromatic N) is 2. The zero-order chi connectivity index (χ0) is 20.6. The van der Waals surface area contributed by atoms with Crippen molar-refractivity contribution in [1.29, 1.82) is 0 Å². The van der Waals surface area contributed by atoms with Crippen LogP contribution in [0.3, 0.4) is 0 Å². The van der Waals surface area contributed by atoms with Crippen molar-refractivity contribution >= 4 is 29.0 Å². The SMILES string of the molecule is O=C(CC1(O)C(=O)N(Cc2c(F)cccc2Cl)c2ccccc21)c1ccncc1. The average Bonchev–Trinajstić information content (AvgIpc) is 2.93. The van der Waals surface area contributed by atoms with Crippen LogP contribution in [0.15, 0.2) is 67.0 Å². The second-order valence-electron chi connectivity index (χ2n) is 6.80. The van der Waals surface area contributed by atoms with Crippen molar-refractivity contribution < 1.29 is 19.1 Å². The maximum Gasteiger partial charge on any atom is 0.264 e. The highest BCUT2D eigenvalue weighted by Gasteiger charge is 2.51. The monoisotopic (exact) mass is 410 g/mol. The van der Waals surface area contributed by atoms with Crippen LogP contribution in [0.1, 0.15) is 27.9 Å². The number of anilines is 1. The van der Waals surface area contributed by atoms with Gasteiger partial charge in [-0.15, -0.1) is 0 Å². The number of fused-ring (bicyclic) bond motifs is 1. The summed E-state index contributed by atoms with van der Waals surface area (Å²) in [7, 11) is 0. The van der Waals surface area contributed by atoms with Crippen molar-refractivity contribution in [3.8, 4) is 0 Å². The predicted molar refractivity (Wildman–Crippen MR) is 106 cm³/mol. The van der Waals surface area contributed by atoms with Gasteiger partial charge in [0.25, 0.3) is 5.91 Å². The molecule has 1 unspecified atom stereocenters. The van der Waals surface area contributed by atoms with Gasteiger partial charge in [-0.25, -0.2) is 4.39 Å². The summed E-state index contributed by atoms with van der Waals surface area (Å²) in [4.78, 5) is 31.0. The Labute approximate surface area is 171 Å². The minimum atomic E-state index is -2.05. The zero-order valence-corrected chi connectivity index (χ0v) is 15.9. The van der Waals surface area contributed by atoms with E-state index >= 15 is 0 Å². The molecular weight excluding hydrogens is 395 g/mol. The van der Waals surface area contributed by atoms with Gasteiger partial charge in [0.2, 0.25) is 0 Å². The Morgan fingerprint density at radius 2 is 1.83 bits per heavy atom. The lowest BCUT2D eigenvalue weighted by atomic mass is 9.88. The maximum atomic E-state index is 14.3. The summed E-state index contributed by atoms with van der Waals surface area (Å²) in [5, 5.41) is 11.5. The molecule has 5 nitrogen and oxygen atoms in total. The zero-order valence-electron chi connectivity index (χ0n) is 15.2. The molecule has 1 N–H and O–H groups in total. The van der Waals surface area contributed by atoms with Crippen LogP contribution in [0.5, 0.6) is 0 Å². The van der Waals surface area contributed by atoms with Crippen LogP contribution in [0.4, 0.5) is 10.1 Å². The summed E-state index contributed by atoms with van der Waals surface area (Å²) in [5.74, 6) is -1.64. The predicted octanol–water partition coefficient (Wildman–Crippen LogP) is 3.88. The van der Waals surface area contributed by atoms with Gasteiger partial charge in [0, 0.05) is 34.1 Å². The molecular formula is C22H16ClFN2O3. The van der Waals surface area contributed by atoms with Crippen molar-refractivity contribution in [2.45, 2.75) is 18.6 Å². The molecule has 0 saturated heterocycles. The number of halogens is 2. The molecule has 0 fully saturated rings. The first kappa shape index (κ1) is 19.2. The van der Waals surface area contributed by atoms with Crippen LogP contribution in [-0.4, -0.2) is 21.8 Å². The van der Waals surface area contributed by atoms with Crippen LogP contribution in [0.25, 0.3) is 0 Å². The number of aromatic nitrogens is 1. The fraction of sp³-hybridized carbons (Fsp3) is 0.136. The molecule has 0 aliphatic carbocycles. The lowest BCUT2D eigenvalue weighted by Gasteiger charge is -2.23. The molecule has 2 aromatic carbocycles. The van der Waals surface area contributed by atoms with E-state index < -0.39 is 29.5 Å². The number of pyridine rings is 1. The molecule has 146 valence electrons. The number of hydrogen-bond acceptors (Lipinski definition) is 4. The van der Waals surface area contributed by atoms with Crippen LogP contribution in [-0.2, 0) is 16.9 Å². The van der Waals surface area contributed by atoms with Crippen molar-refractivity contribution in [3.05, 3.63) is 94.5 Å². The van der Waals surface area contributed by atoms with Crippen LogP contribution < -0.4 is 4.90 Å². The van der Waals surface area contributed by atoms with Crippen molar-refractivity contribution in [1.82, 2.24) is 4.98 Å². The second kappa shape index (κ2) is 7.39. The number of para-hydroxylation sites is 1. The van der Waals surface area contributed by atoms with Gasteiger partial charge in [0.15, 0.2) is 11.4 Å². The molecule has 2 heterocycles. The van der Waals surface area contributed by atoms with E-state index in [-0.39, 0.29) is 17.1 Å². The molecule has 0 bridgehead atoms. The number of rotatable bonds is 5. The molecule has 1 aromatic heterocycles. The van der Waals surface area contributed by atoms with Crippen LogP contribution in [0.2, 0.25) is 5.02 Å². The van der Waals surface area contributed by atoms with Gasteiger partial charge in [-0.1, -0.05) is 35.9 Å². The van der Waals surface area contributed by atoms with Crippen LogP contribution >= 0.6 is 11.6 Å². The topological polar surface area (TPSA) is 70.5 Å². The van der Waals surface area contributed by atoms with Crippen molar-refractivity contribution in [2.24, 2.45) is 0 Å². The van der Waals surface area contributed by atoms with Gasteiger partial charge < -0.3 is 10.0 Å². The van der Waals surface area contributed by atoms with Gasteiger partial charge in [0.05, 0.1) is 18.7 Å². The normalized spacial score (nSPS) is 18.0. The Kier molecular flexibility index (Phi) is 4.90. The third-order valence-electron chi connectivity index (χ3n) is 5.04. The number of hydrogen-bond donors (Lipinski definition) is 1. The first-order chi connectivity index (χ1) is 13.9. The Bertz CT molecular complexity index is 1090. The van der Waals surface area contributed by atoms with Crippen molar-refractivity contribution in [2.75, 3.05) is 4.90 Å². The molecule has 0 saturated carbocycles. The molecule has 1 aliphatic heterocycles. The van der Waals surface area contributed by atoms with Gasteiger partial charge in [-0.2, -0.15) is 0 Å². The maximum absolute atomic E-state index is 14.3. The van der Waals surface area contributed by atoms with E-state index in [1.54, 1.807) is 24.3 Å². The fourth-order valence-corrected chi connectivity index (χ4v) is 3.77. The highest BCUT2D eigenvalue weighted by atomic mass is 35.5. The summed E-state index contributed by atoms with van der Waals surface area (Å²) in [6, 6.07) is 13.9. The lowest BCUT2D eigenvalue weighted by Crippen LogP contribution is -2.41. The minimum Gasteiger partial charge on any atom is -0.375 e. The standard InChI is InChI=1S/C22H16ClFN2O3/c23-17-5-3-6-18(24)15(17)13-26-19-7-2-1-4-16(19)22(29,21(26)28)12-20(27)14-8-10-25-11-9-14/h1-11,29H,12-13H2. The largest absolute Gasteiger partial charge is 0.375 e. The van der Waals surface area contributed by atoms with E-state index in [1.165, 1.54) is 47.6 Å². The summed E-state index contributed by atoms with van der Waals surface area (Å²) >= 11 is 6.12. The Morgan fingerprint density at radius 1 is 1.10 bits per heavy atom. The number of carbonyl (C=O) groups excluding carboxylic acids is 2. The smallest absolute Gasteiger partial charge is 0.264 e. The number of aliphatic hydroxyl groups is 1. The van der Waals surface area contributed by atoms with Gasteiger partial charge in [-0.05, 0) is 30.3 Å². The van der Waals surface area contributed by atoms with E-state index in [0.29, 0.717) is 16.8 Å². The number of carbonyl (C=O) groups is 2. The van der Waals surface area contributed by atoms with E-state index in [9.17, 15) is 19.1 Å². The number of amides is 1. The summed E-state index contributed by atoms with van der Waals surface area (Å²) < 4.78 is 14.3. The molecule has 4 rings (SSSR count). The van der Waals surface area contributed by atoms with Gasteiger partial charge in [-0.3, -0.25) is 14.6 Å². The first-order valence-electron chi connectivity index (χ1n) is 8.92. The molecule has 1 amide bonds. The van der Waals surface area contributed by atoms with Crippen LogP contribution in [0, 0.1) is 5.82 Å². The van der Waals surface area contributed by atoms with E-state index in [1.807, 2.05) is 0 Å². The quantitative estimate of drug-likeness (QED) is 0.648. The van der Waals surface area contributed by atoms with Gasteiger partial charge >= 0.3 is 0 Å². The molecule has 0 spiro atoms. The van der Waals surface area contributed by atoms with E-state index in [4.69, 9.17) is 11.6 Å². The molecule has 7 heteroatoms. The fourth-order valence-electron chi connectivity index (χ4n) is 3.55. The number of Topliss-reactive ketones (excluding diaryl/α,β-unsaturated/α-hetero) is 1. The molecule has 1 atom stereocenters. The third kappa shape index (κ3) is 3.30. The molecule has 0 radical (unpaired) electrons. The molecule has 3 aromatic rings. The Hall–Kier alpha value is -3.09. The third-order valence-corrected chi connectivity index (χ3v) is 5.39. The highest BCUT2D eigenvalue weighted by molar-refractivity contribution is 6.31. The Morgan fingerprint density at radius 3 is 2.55 bits per heavy atom. The molecule has 1 aliphatic rings. The minimum absolute atomic E-state index is 0.141. The summed E-state index contributed by atoms with van der Waals surface area (Å²) in [6.45, 7) is -0.160. The number of benzene rings is 2. The molecule has 29 heavy (non-hydrogen) atoms. The van der Waals surface area contributed by atoms with E-state index in [2.05, 4.69) is 4.98 Å². The second-order valence-corrected chi connectivity index (χ2v) is 7.21. The number of ketones is 1.